The lowest BCUT2D eigenvalue weighted by Gasteiger charge is -2.36. The van der Waals surface area contributed by atoms with Crippen LogP contribution in [-0.4, -0.2) is 52.4 Å². The zero-order valence-corrected chi connectivity index (χ0v) is 15.3. The van der Waals surface area contributed by atoms with Crippen LogP contribution in [0.4, 0.5) is 4.79 Å². The van der Waals surface area contributed by atoms with E-state index in [1.807, 2.05) is 52.3 Å². The molecule has 1 N–H and O–H groups in total. The van der Waals surface area contributed by atoms with Crippen LogP contribution in [0.2, 0.25) is 0 Å². The number of carbonyl (C=O) groups is 2. The molecule has 3 aliphatic rings. The molecule has 3 fully saturated rings. The zero-order valence-electron chi connectivity index (χ0n) is 15.3. The van der Waals surface area contributed by atoms with E-state index in [4.69, 9.17) is 0 Å². The third kappa shape index (κ3) is 3.94. The number of aromatic nitrogens is 1. The van der Waals surface area contributed by atoms with Crippen molar-refractivity contribution in [2.45, 2.75) is 25.4 Å². The number of urea groups is 1. The molecule has 2 atom stereocenters. The lowest BCUT2D eigenvalue weighted by atomic mass is 9.95. The fourth-order valence-electron chi connectivity index (χ4n) is 4.02. The van der Waals surface area contributed by atoms with Crippen LogP contribution in [0.3, 0.4) is 0 Å². The van der Waals surface area contributed by atoms with Gasteiger partial charge in [0.25, 0.3) is 5.91 Å². The summed E-state index contributed by atoms with van der Waals surface area (Å²) < 4.78 is 0. The Balaban J connectivity index is 1.42. The lowest BCUT2D eigenvalue weighted by Crippen LogP contribution is -2.51. The van der Waals surface area contributed by atoms with Gasteiger partial charge in [-0.05, 0) is 36.5 Å². The van der Waals surface area contributed by atoms with E-state index < -0.39 is 0 Å². The standard InChI is InChI=1S/C21H24N4O2/c26-20(19-8-4-5-11-22-19)24-13-17-9-10-18(15-24)25(14-17)21(27)23-12-16-6-2-1-3-7-16/h1-8,11,17-18H,9-10,12-15H2,(H,23,27)/t17-,18+/m0/s1. The molecular formula is C21H24N4O2. The van der Waals surface area contributed by atoms with E-state index in [2.05, 4.69) is 10.3 Å². The van der Waals surface area contributed by atoms with Gasteiger partial charge in [-0.3, -0.25) is 9.78 Å². The third-order valence-electron chi connectivity index (χ3n) is 5.43. The first kappa shape index (κ1) is 17.5. The Kier molecular flexibility index (Phi) is 5.05. The number of benzene rings is 1. The van der Waals surface area contributed by atoms with E-state index in [1.54, 1.807) is 12.3 Å². The first-order chi connectivity index (χ1) is 13.2. The van der Waals surface area contributed by atoms with Crippen molar-refractivity contribution in [1.29, 1.82) is 0 Å². The van der Waals surface area contributed by atoms with E-state index in [0.717, 1.165) is 18.4 Å². The quantitative estimate of drug-likeness (QED) is 0.910. The molecule has 0 aliphatic carbocycles. The Morgan fingerprint density at radius 2 is 1.81 bits per heavy atom. The zero-order chi connectivity index (χ0) is 18.6. The number of nitrogens with zero attached hydrogens (tertiary/aromatic N) is 3. The molecule has 2 bridgehead atoms. The first-order valence-electron chi connectivity index (χ1n) is 9.49. The van der Waals surface area contributed by atoms with Crippen LogP contribution in [0.15, 0.2) is 54.7 Å². The van der Waals surface area contributed by atoms with E-state index in [-0.39, 0.29) is 18.0 Å². The van der Waals surface area contributed by atoms with Gasteiger partial charge in [-0.25, -0.2) is 4.79 Å². The number of hydrogen-bond acceptors (Lipinski definition) is 3. The van der Waals surface area contributed by atoms with Gasteiger partial charge >= 0.3 is 6.03 Å². The van der Waals surface area contributed by atoms with Crippen molar-refractivity contribution in [3.05, 3.63) is 66.0 Å². The Morgan fingerprint density at radius 1 is 1.00 bits per heavy atom. The summed E-state index contributed by atoms with van der Waals surface area (Å²) in [5.74, 6) is 0.276. The molecule has 0 radical (unpaired) electrons. The van der Waals surface area contributed by atoms with Crippen LogP contribution < -0.4 is 5.32 Å². The largest absolute Gasteiger partial charge is 0.335 e. The second-order valence-corrected chi connectivity index (χ2v) is 7.32. The predicted molar refractivity (Wildman–Crippen MR) is 102 cm³/mol. The highest BCUT2D eigenvalue weighted by atomic mass is 16.2. The number of nitrogens with one attached hydrogen (secondary N) is 1. The Labute approximate surface area is 159 Å². The molecule has 0 saturated carbocycles. The summed E-state index contributed by atoms with van der Waals surface area (Å²) in [7, 11) is 0. The number of fused-ring (bicyclic) bond motifs is 4. The molecule has 5 rings (SSSR count). The van der Waals surface area contributed by atoms with Gasteiger partial charge in [-0.2, -0.15) is 0 Å². The van der Waals surface area contributed by atoms with E-state index in [9.17, 15) is 9.59 Å². The van der Waals surface area contributed by atoms with Gasteiger partial charge in [-0.15, -0.1) is 0 Å². The second kappa shape index (κ2) is 7.78. The molecule has 140 valence electrons. The summed E-state index contributed by atoms with van der Waals surface area (Å²) >= 11 is 0. The summed E-state index contributed by atoms with van der Waals surface area (Å²) in [5.41, 5.74) is 1.55. The van der Waals surface area contributed by atoms with E-state index >= 15 is 0 Å². The highest BCUT2D eigenvalue weighted by Gasteiger charge is 2.38. The van der Waals surface area contributed by atoms with Crippen molar-refractivity contribution in [2.24, 2.45) is 5.92 Å². The Hall–Kier alpha value is -2.89. The average Bonchev–Trinajstić information content (AvgIpc) is 3.05. The molecule has 3 amide bonds. The van der Waals surface area contributed by atoms with Crippen molar-refractivity contribution in [3.63, 3.8) is 0 Å². The molecule has 27 heavy (non-hydrogen) atoms. The summed E-state index contributed by atoms with van der Waals surface area (Å²) in [6, 6.07) is 15.3. The Bertz CT molecular complexity index is 796. The average molecular weight is 364 g/mol. The Morgan fingerprint density at radius 3 is 2.59 bits per heavy atom. The molecular weight excluding hydrogens is 340 g/mol. The maximum atomic E-state index is 12.8. The highest BCUT2D eigenvalue weighted by molar-refractivity contribution is 5.92. The molecule has 4 heterocycles. The van der Waals surface area contributed by atoms with Crippen molar-refractivity contribution < 1.29 is 9.59 Å². The van der Waals surface area contributed by atoms with Gasteiger partial charge in [0.1, 0.15) is 5.69 Å². The first-order valence-corrected chi connectivity index (χ1v) is 9.49. The van der Waals surface area contributed by atoms with Crippen LogP contribution >= 0.6 is 0 Å². The summed E-state index contributed by atoms with van der Waals surface area (Å²) in [6.45, 7) is 2.49. The molecule has 2 aromatic rings. The summed E-state index contributed by atoms with van der Waals surface area (Å²) in [5, 5.41) is 3.03. The van der Waals surface area contributed by atoms with E-state index in [1.165, 1.54) is 0 Å². The molecule has 0 spiro atoms. The molecule has 1 aromatic carbocycles. The SMILES string of the molecule is O=C(c1ccccn1)N1C[C@@H]2CC[C@H](C1)N(C(=O)NCc1ccccc1)C2. The van der Waals surface area contributed by atoms with Crippen LogP contribution in [0.5, 0.6) is 0 Å². The minimum Gasteiger partial charge on any atom is -0.335 e. The monoisotopic (exact) mass is 364 g/mol. The number of hydrogen-bond donors (Lipinski definition) is 1. The van der Waals surface area contributed by atoms with Crippen LogP contribution in [0.1, 0.15) is 28.9 Å². The lowest BCUT2D eigenvalue weighted by molar-refractivity contribution is 0.0736. The number of carbonyl (C=O) groups excluding carboxylic acids is 2. The summed E-state index contributed by atoms with van der Waals surface area (Å²) in [6.07, 6.45) is 3.64. The van der Waals surface area contributed by atoms with Gasteiger partial charge in [0.15, 0.2) is 0 Å². The van der Waals surface area contributed by atoms with Gasteiger partial charge in [0, 0.05) is 32.4 Å². The molecule has 1 aromatic heterocycles. The second-order valence-electron chi connectivity index (χ2n) is 7.32. The number of piperidine rings is 1. The molecule has 0 unspecified atom stereocenters. The topological polar surface area (TPSA) is 65.5 Å². The number of amides is 3. The minimum absolute atomic E-state index is 0.0410. The van der Waals surface area contributed by atoms with Crippen LogP contribution in [0, 0.1) is 5.92 Å². The fourth-order valence-corrected chi connectivity index (χ4v) is 4.02. The maximum Gasteiger partial charge on any atom is 0.317 e. The van der Waals surface area contributed by atoms with Crippen molar-refractivity contribution in [3.8, 4) is 0 Å². The number of pyridine rings is 1. The van der Waals surface area contributed by atoms with Gasteiger partial charge in [0.05, 0.1) is 6.04 Å². The fraction of sp³-hybridized carbons (Fsp3) is 0.381. The smallest absolute Gasteiger partial charge is 0.317 e. The predicted octanol–water partition coefficient (Wildman–Crippen LogP) is 2.53. The maximum absolute atomic E-state index is 12.8. The van der Waals surface area contributed by atoms with Crippen molar-refractivity contribution in [1.82, 2.24) is 20.1 Å². The van der Waals surface area contributed by atoms with Crippen molar-refractivity contribution in [2.75, 3.05) is 19.6 Å². The van der Waals surface area contributed by atoms with Crippen LogP contribution in [-0.2, 0) is 6.54 Å². The minimum atomic E-state index is -0.0426. The van der Waals surface area contributed by atoms with E-state index in [0.29, 0.717) is 37.8 Å². The van der Waals surface area contributed by atoms with Gasteiger partial charge < -0.3 is 15.1 Å². The molecule has 6 heteroatoms. The van der Waals surface area contributed by atoms with Crippen LogP contribution in [0.25, 0.3) is 0 Å². The third-order valence-corrected chi connectivity index (χ3v) is 5.43. The number of rotatable bonds is 3. The molecule has 3 aliphatic heterocycles. The summed E-state index contributed by atoms with van der Waals surface area (Å²) in [4.78, 5) is 33.5. The van der Waals surface area contributed by atoms with Gasteiger partial charge in [-0.1, -0.05) is 36.4 Å². The molecule has 6 nitrogen and oxygen atoms in total. The van der Waals surface area contributed by atoms with Gasteiger partial charge in [0.2, 0.25) is 0 Å². The molecule has 3 saturated heterocycles. The van der Waals surface area contributed by atoms with Crippen molar-refractivity contribution >= 4 is 11.9 Å². The normalized spacial score (nSPS) is 21.6. The highest BCUT2D eigenvalue weighted by Crippen LogP contribution is 2.28.